The van der Waals surface area contributed by atoms with E-state index in [4.69, 9.17) is 4.74 Å². The zero-order valence-electron chi connectivity index (χ0n) is 9.62. The van der Waals surface area contributed by atoms with E-state index < -0.39 is 0 Å². The van der Waals surface area contributed by atoms with E-state index in [0.717, 1.165) is 13.0 Å². The lowest BCUT2D eigenvalue weighted by Crippen LogP contribution is -2.40. The van der Waals surface area contributed by atoms with Crippen LogP contribution in [0.2, 0.25) is 0 Å². The van der Waals surface area contributed by atoms with Gasteiger partial charge in [-0.25, -0.2) is 0 Å². The molecule has 1 rings (SSSR count). The van der Waals surface area contributed by atoms with Crippen LogP contribution < -0.4 is 0 Å². The number of hydrogen-bond donors (Lipinski definition) is 0. The third kappa shape index (κ3) is 2.47. The highest BCUT2D eigenvalue weighted by Crippen LogP contribution is 2.24. The largest absolute Gasteiger partial charge is 0.383 e. The summed E-state index contributed by atoms with van der Waals surface area (Å²) in [5, 5.41) is 0. The lowest BCUT2D eigenvalue weighted by atomic mass is 10.1. The summed E-state index contributed by atoms with van der Waals surface area (Å²) in [6.45, 7) is 7.66. The number of likely N-dealkylation sites (tertiary alicyclic amines) is 1. The number of rotatable bonds is 3. The summed E-state index contributed by atoms with van der Waals surface area (Å²) in [4.78, 5) is 13.8. The molecular weight excluding hydrogens is 178 g/mol. The first kappa shape index (κ1) is 11.5. The van der Waals surface area contributed by atoms with Crippen LogP contribution in [0.25, 0.3) is 0 Å². The van der Waals surface area contributed by atoms with Gasteiger partial charge in [-0.3, -0.25) is 4.79 Å². The van der Waals surface area contributed by atoms with Gasteiger partial charge >= 0.3 is 0 Å². The lowest BCUT2D eigenvalue weighted by molar-refractivity contribution is -0.136. The van der Waals surface area contributed by atoms with Crippen LogP contribution in [0.5, 0.6) is 0 Å². The molecular formula is C11H21NO2. The second-order valence-electron chi connectivity index (χ2n) is 4.60. The van der Waals surface area contributed by atoms with Crippen LogP contribution in [0.4, 0.5) is 0 Å². The van der Waals surface area contributed by atoms with Gasteiger partial charge in [0.25, 0.3) is 0 Å². The highest BCUT2D eigenvalue weighted by atomic mass is 16.5. The number of carbonyl (C=O) groups is 1. The molecule has 0 saturated carbocycles. The van der Waals surface area contributed by atoms with Gasteiger partial charge in [0.2, 0.25) is 5.91 Å². The van der Waals surface area contributed by atoms with Crippen molar-refractivity contribution in [3.63, 3.8) is 0 Å². The van der Waals surface area contributed by atoms with Gasteiger partial charge in [-0.05, 0) is 12.3 Å². The van der Waals surface area contributed by atoms with Crippen LogP contribution in [0.15, 0.2) is 0 Å². The van der Waals surface area contributed by atoms with Crippen LogP contribution >= 0.6 is 0 Å². The Balaban J connectivity index is 2.61. The Bertz CT molecular complexity index is 203. The predicted molar refractivity (Wildman–Crippen MR) is 56.0 cm³/mol. The molecule has 1 amide bonds. The Hall–Kier alpha value is -0.570. The summed E-state index contributed by atoms with van der Waals surface area (Å²) < 4.78 is 5.14. The standard InChI is InChI=1S/C11H21NO2/c1-8(2)11(13)12-6-9(3)5-10(12)7-14-4/h8-10H,5-7H2,1-4H3. The fourth-order valence-corrected chi connectivity index (χ4v) is 2.10. The molecule has 0 aromatic heterocycles. The maximum absolute atomic E-state index is 11.8. The molecule has 2 atom stereocenters. The van der Waals surface area contributed by atoms with Gasteiger partial charge in [0.05, 0.1) is 12.6 Å². The van der Waals surface area contributed by atoms with E-state index in [2.05, 4.69) is 6.92 Å². The van der Waals surface area contributed by atoms with Gasteiger partial charge in [-0.2, -0.15) is 0 Å². The predicted octanol–water partition coefficient (Wildman–Crippen LogP) is 1.53. The molecule has 1 aliphatic rings. The van der Waals surface area contributed by atoms with E-state index in [1.165, 1.54) is 0 Å². The fraction of sp³-hybridized carbons (Fsp3) is 0.909. The maximum Gasteiger partial charge on any atom is 0.225 e. The van der Waals surface area contributed by atoms with Crippen LogP contribution in [0, 0.1) is 11.8 Å². The van der Waals surface area contributed by atoms with Gasteiger partial charge in [0, 0.05) is 19.6 Å². The molecule has 0 aromatic rings. The van der Waals surface area contributed by atoms with Crippen molar-refractivity contribution in [2.75, 3.05) is 20.3 Å². The number of ether oxygens (including phenoxy) is 1. The smallest absolute Gasteiger partial charge is 0.225 e. The topological polar surface area (TPSA) is 29.5 Å². The SMILES string of the molecule is COCC1CC(C)CN1C(=O)C(C)C. The Morgan fingerprint density at radius 3 is 2.71 bits per heavy atom. The minimum atomic E-state index is 0.0969. The average molecular weight is 199 g/mol. The molecule has 3 heteroatoms. The summed E-state index contributed by atoms with van der Waals surface area (Å²) >= 11 is 0. The molecule has 14 heavy (non-hydrogen) atoms. The first-order chi connectivity index (χ1) is 6.56. The molecule has 0 N–H and O–H groups in total. The van der Waals surface area contributed by atoms with E-state index in [1.807, 2.05) is 18.7 Å². The third-order valence-electron chi connectivity index (χ3n) is 2.76. The van der Waals surface area contributed by atoms with Crippen LogP contribution in [-0.2, 0) is 9.53 Å². The van der Waals surface area contributed by atoms with Crippen molar-refractivity contribution in [2.45, 2.75) is 33.2 Å². The molecule has 0 bridgehead atoms. The van der Waals surface area contributed by atoms with Crippen molar-refractivity contribution in [3.05, 3.63) is 0 Å². The van der Waals surface area contributed by atoms with Crippen molar-refractivity contribution in [1.82, 2.24) is 4.90 Å². The molecule has 1 aliphatic heterocycles. The summed E-state index contributed by atoms with van der Waals surface area (Å²) in [5.41, 5.74) is 0. The second kappa shape index (κ2) is 4.78. The van der Waals surface area contributed by atoms with E-state index >= 15 is 0 Å². The molecule has 1 saturated heterocycles. The minimum absolute atomic E-state index is 0.0969. The van der Waals surface area contributed by atoms with Crippen molar-refractivity contribution < 1.29 is 9.53 Å². The van der Waals surface area contributed by atoms with E-state index in [0.29, 0.717) is 18.6 Å². The van der Waals surface area contributed by atoms with Gasteiger partial charge in [-0.15, -0.1) is 0 Å². The molecule has 1 fully saturated rings. The Morgan fingerprint density at radius 1 is 1.57 bits per heavy atom. The monoisotopic (exact) mass is 199 g/mol. The van der Waals surface area contributed by atoms with E-state index in [9.17, 15) is 4.79 Å². The highest BCUT2D eigenvalue weighted by Gasteiger charge is 2.33. The molecule has 82 valence electrons. The van der Waals surface area contributed by atoms with Crippen molar-refractivity contribution in [1.29, 1.82) is 0 Å². The molecule has 2 unspecified atom stereocenters. The van der Waals surface area contributed by atoms with Crippen molar-refractivity contribution >= 4 is 5.91 Å². The Morgan fingerprint density at radius 2 is 2.21 bits per heavy atom. The van der Waals surface area contributed by atoms with Gasteiger partial charge in [0.1, 0.15) is 0 Å². The molecule has 1 heterocycles. The molecule has 0 spiro atoms. The average Bonchev–Trinajstić information content (AvgIpc) is 2.46. The van der Waals surface area contributed by atoms with Crippen LogP contribution in [0.1, 0.15) is 27.2 Å². The van der Waals surface area contributed by atoms with Crippen molar-refractivity contribution in [2.24, 2.45) is 11.8 Å². The second-order valence-corrected chi connectivity index (χ2v) is 4.60. The molecule has 0 aromatic carbocycles. The summed E-state index contributed by atoms with van der Waals surface area (Å²) in [7, 11) is 1.70. The number of carbonyl (C=O) groups excluding carboxylic acids is 1. The first-order valence-electron chi connectivity index (χ1n) is 5.35. The summed E-state index contributed by atoms with van der Waals surface area (Å²) in [5.74, 6) is 0.967. The number of hydrogen-bond acceptors (Lipinski definition) is 2. The van der Waals surface area contributed by atoms with Crippen LogP contribution in [0.3, 0.4) is 0 Å². The van der Waals surface area contributed by atoms with Gasteiger partial charge in [-0.1, -0.05) is 20.8 Å². The number of methoxy groups -OCH3 is 1. The first-order valence-corrected chi connectivity index (χ1v) is 5.35. The molecule has 3 nitrogen and oxygen atoms in total. The van der Waals surface area contributed by atoms with E-state index in [-0.39, 0.29) is 11.8 Å². The Kier molecular flexibility index (Phi) is 3.93. The molecule has 0 radical (unpaired) electrons. The third-order valence-corrected chi connectivity index (χ3v) is 2.76. The Labute approximate surface area is 86.4 Å². The molecule has 0 aliphatic carbocycles. The normalized spacial score (nSPS) is 27.4. The summed E-state index contributed by atoms with van der Waals surface area (Å²) in [6, 6.07) is 0.296. The van der Waals surface area contributed by atoms with Crippen molar-refractivity contribution in [3.8, 4) is 0 Å². The zero-order chi connectivity index (χ0) is 10.7. The highest BCUT2D eigenvalue weighted by molar-refractivity contribution is 5.78. The number of nitrogens with zero attached hydrogens (tertiary/aromatic N) is 1. The number of amides is 1. The maximum atomic E-state index is 11.8. The minimum Gasteiger partial charge on any atom is -0.383 e. The van der Waals surface area contributed by atoms with Gasteiger partial charge < -0.3 is 9.64 Å². The van der Waals surface area contributed by atoms with Gasteiger partial charge in [0.15, 0.2) is 0 Å². The van der Waals surface area contributed by atoms with E-state index in [1.54, 1.807) is 7.11 Å². The quantitative estimate of drug-likeness (QED) is 0.690. The fourth-order valence-electron chi connectivity index (χ4n) is 2.10. The zero-order valence-corrected chi connectivity index (χ0v) is 9.62. The lowest BCUT2D eigenvalue weighted by Gasteiger charge is -2.25. The summed E-state index contributed by atoms with van der Waals surface area (Å²) in [6.07, 6.45) is 1.08. The van der Waals surface area contributed by atoms with Crippen LogP contribution in [-0.4, -0.2) is 37.1 Å².